The van der Waals surface area contributed by atoms with Crippen molar-refractivity contribution >= 4 is 17.7 Å². The number of nitrogens with zero attached hydrogens (tertiary/aromatic N) is 2. The van der Waals surface area contributed by atoms with Gasteiger partial charge in [-0.05, 0) is 50.2 Å². The summed E-state index contributed by atoms with van der Waals surface area (Å²) in [6, 6.07) is 17.9. The number of rotatable bonds is 8. The lowest BCUT2D eigenvalue weighted by molar-refractivity contribution is -0.120. The first kappa shape index (κ1) is 20.0. The molecule has 3 aromatic rings. The first-order valence-electron chi connectivity index (χ1n) is 9.22. The number of carbonyl (C=O) groups is 1. The fraction of sp³-hybridized carbons (Fsp3) is 0.273. The lowest BCUT2D eigenvalue weighted by Gasteiger charge is -2.07. The molecule has 28 heavy (non-hydrogen) atoms. The highest BCUT2D eigenvalue weighted by atomic mass is 32.2. The highest BCUT2D eigenvalue weighted by Crippen LogP contribution is 2.22. The van der Waals surface area contributed by atoms with Crippen molar-refractivity contribution in [3.8, 4) is 11.4 Å². The third-order valence-corrected chi connectivity index (χ3v) is 5.58. The standard InChI is InChI=1S/C22H25N3O2S/c1-16-21(17(2)25(24-16)18-7-5-4-6-8-18)15-23-22(26)13-14-28-20-11-9-19(27-3)10-12-20/h4-12H,13-15H2,1-3H3,(H,23,26). The van der Waals surface area contributed by atoms with E-state index < -0.39 is 0 Å². The predicted molar refractivity (Wildman–Crippen MR) is 113 cm³/mol. The Morgan fingerprint density at radius 1 is 1.11 bits per heavy atom. The van der Waals surface area contributed by atoms with Gasteiger partial charge in [-0.25, -0.2) is 4.68 Å². The Balaban J connectivity index is 1.51. The van der Waals surface area contributed by atoms with Crippen LogP contribution in [0.4, 0.5) is 0 Å². The summed E-state index contributed by atoms with van der Waals surface area (Å²) in [5.74, 6) is 1.62. The van der Waals surface area contributed by atoms with Crippen molar-refractivity contribution in [3.05, 3.63) is 71.5 Å². The average Bonchev–Trinajstić information content (AvgIpc) is 3.01. The Labute approximate surface area is 170 Å². The molecule has 0 aliphatic heterocycles. The number of amides is 1. The monoisotopic (exact) mass is 395 g/mol. The van der Waals surface area contributed by atoms with E-state index in [0.717, 1.165) is 39.0 Å². The normalized spacial score (nSPS) is 10.7. The van der Waals surface area contributed by atoms with Crippen molar-refractivity contribution in [2.75, 3.05) is 12.9 Å². The quantitative estimate of drug-likeness (QED) is 0.578. The molecule has 0 saturated heterocycles. The number of aromatic nitrogens is 2. The lowest BCUT2D eigenvalue weighted by Crippen LogP contribution is -2.23. The molecule has 3 rings (SSSR count). The number of ether oxygens (including phenoxy) is 1. The van der Waals surface area contributed by atoms with Crippen LogP contribution in [-0.2, 0) is 11.3 Å². The Morgan fingerprint density at radius 3 is 2.50 bits per heavy atom. The molecule has 0 aliphatic rings. The minimum Gasteiger partial charge on any atom is -0.497 e. The number of benzene rings is 2. The SMILES string of the molecule is COc1ccc(SCCC(=O)NCc2c(C)nn(-c3ccccc3)c2C)cc1. The van der Waals surface area contributed by atoms with Gasteiger partial charge >= 0.3 is 0 Å². The Kier molecular flexibility index (Phi) is 6.76. The van der Waals surface area contributed by atoms with E-state index in [4.69, 9.17) is 4.74 Å². The van der Waals surface area contributed by atoms with E-state index in [-0.39, 0.29) is 5.91 Å². The molecular weight excluding hydrogens is 370 g/mol. The topological polar surface area (TPSA) is 56.1 Å². The van der Waals surface area contributed by atoms with Gasteiger partial charge in [0.1, 0.15) is 5.75 Å². The molecule has 1 aromatic heterocycles. The summed E-state index contributed by atoms with van der Waals surface area (Å²) in [4.78, 5) is 13.4. The highest BCUT2D eigenvalue weighted by molar-refractivity contribution is 7.99. The van der Waals surface area contributed by atoms with Crippen LogP contribution in [0.15, 0.2) is 59.5 Å². The molecule has 0 spiro atoms. The van der Waals surface area contributed by atoms with Crippen molar-refractivity contribution in [1.29, 1.82) is 0 Å². The number of aryl methyl sites for hydroxylation is 1. The summed E-state index contributed by atoms with van der Waals surface area (Å²) in [5.41, 5.74) is 4.09. The molecule has 6 heteroatoms. The molecule has 0 unspecified atom stereocenters. The number of hydrogen-bond acceptors (Lipinski definition) is 4. The molecule has 1 N–H and O–H groups in total. The van der Waals surface area contributed by atoms with E-state index in [1.807, 2.05) is 73.1 Å². The summed E-state index contributed by atoms with van der Waals surface area (Å²) >= 11 is 1.66. The molecule has 5 nitrogen and oxygen atoms in total. The van der Waals surface area contributed by atoms with Crippen molar-refractivity contribution in [1.82, 2.24) is 15.1 Å². The average molecular weight is 396 g/mol. The number of methoxy groups -OCH3 is 1. The largest absolute Gasteiger partial charge is 0.497 e. The van der Waals surface area contributed by atoms with Crippen molar-refractivity contribution in [2.24, 2.45) is 0 Å². The van der Waals surface area contributed by atoms with Gasteiger partial charge in [-0.2, -0.15) is 5.10 Å². The van der Waals surface area contributed by atoms with Crippen LogP contribution in [0, 0.1) is 13.8 Å². The lowest BCUT2D eigenvalue weighted by atomic mass is 10.2. The van der Waals surface area contributed by atoms with E-state index >= 15 is 0 Å². The van der Waals surface area contributed by atoms with Gasteiger partial charge in [-0.1, -0.05) is 18.2 Å². The minimum atomic E-state index is 0.0484. The van der Waals surface area contributed by atoms with Crippen LogP contribution in [0.3, 0.4) is 0 Å². The smallest absolute Gasteiger partial charge is 0.221 e. The van der Waals surface area contributed by atoms with Crippen LogP contribution in [0.25, 0.3) is 5.69 Å². The van der Waals surface area contributed by atoms with Crippen LogP contribution in [0.2, 0.25) is 0 Å². The van der Waals surface area contributed by atoms with E-state index in [9.17, 15) is 4.79 Å². The van der Waals surface area contributed by atoms with Crippen molar-refractivity contribution < 1.29 is 9.53 Å². The summed E-state index contributed by atoms with van der Waals surface area (Å²) < 4.78 is 7.08. The van der Waals surface area contributed by atoms with Gasteiger partial charge in [0.15, 0.2) is 0 Å². The van der Waals surface area contributed by atoms with Gasteiger partial charge < -0.3 is 10.1 Å². The van der Waals surface area contributed by atoms with Gasteiger partial charge in [-0.15, -0.1) is 11.8 Å². The third-order valence-electron chi connectivity index (χ3n) is 4.56. The fourth-order valence-electron chi connectivity index (χ4n) is 2.96. The van der Waals surface area contributed by atoms with Gasteiger partial charge in [-0.3, -0.25) is 4.79 Å². The summed E-state index contributed by atoms with van der Waals surface area (Å²) in [6.45, 7) is 4.51. The second-order valence-corrected chi connectivity index (χ2v) is 7.62. The summed E-state index contributed by atoms with van der Waals surface area (Å²) in [5, 5.41) is 7.65. The molecule has 146 valence electrons. The molecule has 0 fully saturated rings. The first-order chi connectivity index (χ1) is 13.6. The molecule has 0 saturated carbocycles. The Hall–Kier alpha value is -2.73. The van der Waals surface area contributed by atoms with E-state index in [1.54, 1.807) is 18.9 Å². The van der Waals surface area contributed by atoms with Crippen LogP contribution in [-0.4, -0.2) is 28.6 Å². The molecule has 1 heterocycles. The van der Waals surface area contributed by atoms with E-state index in [0.29, 0.717) is 13.0 Å². The van der Waals surface area contributed by atoms with E-state index in [2.05, 4.69) is 10.4 Å². The van der Waals surface area contributed by atoms with Gasteiger partial charge in [0.25, 0.3) is 0 Å². The van der Waals surface area contributed by atoms with Gasteiger partial charge in [0.05, 0.1) is 18.5 Å². The van der Waals surface area contributed by atoms with Gasteiger partial charge in [0, 0.05) is 34.9 Å². The number of carbonyl (C=O) groups excluding carboxylic acids is 1. The van der Waals surface area contributed by atoms with Crippen LogP contribution >= 0.6 is 11.8 Å². The maximum absolute atomic E-state index is 12.2. The molecule has 1 amide bonds. The second kappa shape index (κ2) is 9.46. The zero-order valence-electron chi connectivity index (χ0n) is 16.4. The van der Waals surface area contributed by atoms with Crippen LogP contribution in [0.1, 0.15) is 23.4 Å². The number of nitrogens with one attached hydrogen (secondary N) is 1. The third kappa shape index (κ3) is 4.95. The molecule has 0 radical (unpaired) electrons. The van der Waals surface area contributed by atoms with E-state index in [1.165, 1.54) is 0 Å². The zero-order valence-corrected chi connectivity index (χ0v) is 17.3. The number of hydrogen-bond donors (Lipinski definition) is 1. The summed E-state index contributed by atoms with van der Waals surface area (Å²) in [6.07, 6.45) is 0.474. The minimum absolute atomic E-state index is 0.0484. The molecule has 2 aromatic carbocycles. The van der Waals surface area contributed by atoms with Crippen LogP contribution < -0.4 is 10.1 Å². The van der Waals surface area contributed by atoms with Crippen LogP contribution in [0.5, 0.6) is 5.75 Å². The maximum atomic E-state index is 12.2. The first-order valence-corrected chi connectivity index (χ1v) is 10.2. The second-order valence-electron chi connectivity index (χ2n) is 6.45. The van der Waals surface area contributed by atoms with Crippen molar-refractivity contribution in [2.45, 2.75) is 31.7 Å². The highest BCUT2D eigenvalue weighted by Gasteiger charge is 2.13. The van der Waals surface area contributed by atoms with Crippen molar-refractivity contribution in [3.63, 3.8) is 0 Å². The fourth-order valence-corrected chi connectivity index (χ4v) is 3.81. The molecule has 0 bridgehead atoms. The summed E-state index contributed by atoms with van der Waals surface area (Å²) in [7, 11) is 1.65. The zero-order chi connectivity index (χ0) is 19.9. The molecular formula is C22H25N3O2S. The molecule has 0 aliphatic carbocycles. The Morgan fingerprint density at radius 2 is 1.82 bits per heavy atom. The number of thioether (sulfide) groups is 1. The molecule has 0 atom stereocenters. The Bertz CT molecular complexity index is 921. The van der Waals surface area contributed by atoms with Gasteiger partial charge in [0.2, 0.25) is 5.91 Å². The predicted octanol–water partition coefficient (Wildman–Crippen LogP) is 4.30. The maximum Gasteiger partial charge on any atom is 0.221 e. The number of para-hydroxylation sites is 1.